The van der Waals surface area contributed by atoms with Crippen LogP contribution in [0.2, 0.25) is 0 Å². The third kappa shape index (κ3) is 2.59. The maximum Gasteiger partial charge on any atom is 0.158 e. The minimum atomic E-state index is 0.324. The second kappa shape index (κ2) is 5.84. The third-order valence-corrected chi connectivity index (χ3v) is 6.38. The Balaban J connectivity index is 2.06. The summed E-state index contributed by atoms with van der Waals surface area (Å²) in [5.74, 6) is 1.43. The fourth-order valence-corrected chi connectivity index (χ4v) is 4.72. The van der Waals surface area contributed by atoms with Gasteiger partial charge in [-0.05, 0) is 26.0 Å². The van der Waals surface area contributed by atoms with Crippen molar-refractivity contribution < 1.29 is 0 Å². The molecule has 0 aromatic carbocycles. The zero-order chi connectivity index (χ0) is 15.0. The number of aryl methyl sites for hydroxylation is 2. The number of imidazole rings is 1. The molecule has 0 spiro atoms. The molecule has 0 bridgehead atoms. The fourth-order valence-electron chi connectivity index (χ4n) is 3.56. The van der Waals surface area contributed by atoms with E-state index in [1.54, 1.807) is 0 Å². The predicted octanol–water partition coefficient (Wildman–Crippen LogP) is 3.88. The minimum Gasteiger partial charge on any atom is -0.310 e. The van der Waals surface area contributed by atoms with Crippen molar-refractivity contribution in [2.75, 3.05) is 6.26 Å². The van der Waals surface area contributed by atoms with Crippen LogP contribution in [-0.2, 0) is 19.5 Å². The summed E-state index contributed by atoms with van der Waals surface area (Å²) in [6.07, 6.45) is 8.85. The number of fused-ring (bicyclic) bond motifs is 1. The lowest BCUT2D eigenvalue weighted by molar-refractivity contribution is 0.357. The first-order chi connectivity index (χ1) is 10.1. The molecule has 0 N–H and O–H groups in total. The van der Waals surface area contributed by atoms with Crippen molar-refractivity contribution in [1.82, 2.24) is 19.3 Å². The lowest BCUT2D eigenvalue weighted by Gasteiger charge is -2.36. The summed E-state index contributed by atoms with van der Waals surface area (Å²) in [7, 11) is 2.00. The number of hydrogen-bond donors (Lipinski definition) is 0. The van der Waals surface area contributed by atoms with Gasteiger partial charge < -0.3 is 4.57 Å². The molecule has 0 saturated heterocycles. The van der Waals surface area contributed by atoms with E-state index in [-0.39, 0.29) is 0 Å². The Bertz CT molecular complexity index is 640. The quantitative estimate of drug-likeness (QED) is 0.800. The number of alkyl halides is 1. The highest BCUT2D eigenvalue weighted by Crippen LogP contribution is 2.41. The van der Waals surface area contributed by atoms with E-state index in [1.165, 1.54) is 32.1 Å². The van der Waals surface area contributed by atoms with E-state index in [4.69, 9.17) is 16.6 Å². The zero-order valence-corrected chi connectivity index (χ0v) is 14.6. The molecule has 0 radical (unpaired) electrons. The molecular weight excluding hydrogens is 304 g/mol. The van der Waals surface area contributed by atoms with Crippen molar-refractivity contribution in [2.45, 2.75) is 56.2 Å². The van der Waals surface area contributed by atoms with Gasteiger partial charge in [0.25, 0.3) is 0 Å². The highest BCUT2D eigenvalue weighted by Gasteiger charge is 2.33. The van der Waals surface area contributed by atoms with E-state index in [1.807, 2.05) is 30.4 Å². The Morgan fingerprint density at radius 1 is 1.29 bits per heavy atom. The summed E-state index contributed by atoms with van der Waals surface area (Å²) in [5.41, 5.74) is 3.10. The maximum atomic E-state index is 6.15. The zero-order valence-electron chi connectivity index (χ0n) is 13.0. The van der Waals surface area contributed by atoms with Crippen molar-refractivity contribution in [3.05, 3.63) is 11.5 Å². The second-order valence-electron chi connectivity index (χ2n) is 6.08. The normalized spacial score (nSPS) is 18.5. The fraction of sp³-hybridized carbons (Fsp3) is 0.733. The number of aromatic nitrogens is 4. The van der Waals surface area contributed by atoms with Crippen molar-refractivity contribution in [3.63, 3.8) is 0 Å². The van der Waals surface area contributed by atoms with Gasteiger partial charge in [0, 0.05) is 18.3 Å². The molecule has 1 fully saturated rings. The molecule has 2 heterocycles. The summed E-state index contributed by atoms with van der Waals surface area (Å²) in [6, 6.07) is 0. The standard InChI is InChI=1S/C15H23ClN4S/c1-11-13-14(19(2)18-11)20(12(9-16)17-13)10-15(21-3)7-5-4-6-8-15/h4-10H2,1-3H3. The van der Waals surface area contributed by atoms with E-state index in [9.17, 15) is 0 Å². The van der Waals surface area contributed by atoms with Crippen LogP contribution in [0.25, 0.3) is 11.2 Å². The predicted molar refractivity (Wildman–Crippen MR) is 90.1 cm³/mol. The molecule has 0 unspecified atom stereocenters. The molecule has 116 valence electrons. The average molecular weight is 327 g/mol. The van der Waals surface area contributed by atoms with Gasteiger partial charge in [0.15, 0.2) is 5.65 Å². The molecule has 0 amide bonds. The third-order valence-electron chi connectivity index (χ3n) is 4.73. The summed E-state index contributed by atoms with van der Waals surface area (Å²) in [4.78, 5) is 4.72. The van der Waals surface area contributed by atoms with Crippen LogP contribution in [0.1, 0.15) is 43.6 Å². The molecule has 6 heteroatoms. The topological polar surface area (TPSA) is 35.6 Å². The molecule has 0 aliphatic heterocycles. The largest absolute Gasteiger partial charge is 0.310 e. The first-order valence-corrected chi connectivity index (χ1v) is 9.36. The van der Waals surface area contributed by atoms with Crippen LogP contribution in [0, 0.1) is 6.92 Å². The smallest absolute Gasteiger partial charge is 0.158 e. The highest BCUT2D eigenvalue weighted by atomic mass is 35.5. The van der Waals surface area contributed by atoms with E-state index in [2.05, 4.69) is 15.9 Å². The highest BCUT2D eigenvalue weighted by molar-refractivity contribution is 8.00. The Morgan fingerprint density at radius 2 is 2.00 bits per heavy atom. The monoisotopic (exact) mass is 326 g/mol. The van der Waals surface area contributed by atoms with Gasteiger partial charge in [-0.25, -0.2) is 4.98 Å². The van der Waals surface area contributed by atoms with Crippen LogP contribution >= 0.6 is 23.4 Å². The molecule has 2 aromatic heterocycles. The number of nitrogens with zero attached hydrogens (tertiary/aromatic N) is 4. The van der Waals surface area contributed by atoms with Crippen molar-refractivity contribution >= 4 is 34.5 Å². The van der Waals surface area contributed by atoms with E-state index >= 15 is 0 Å². The van der Waals surface area contributed by atoms with E-state index in [0.717, 1.165) is 29.2 Å². The van der Waals surface area contributed by atoms with Gasteiger partial charge in [-0.2, -0.15) is 16.9 Å². The Labute approximate surface area is 135 Å². The van der Waals surface area contributed by atoms with Gasteiger partial charge in [0.2, 0.25) is 0 Å². The molecule has 1 saturated carbocycles. The van der Waals surface area contributed by atoms with E-state index < -0.39 is 0 Å². The van der Waals surface area contributed by atoms with Crippen LogP contribution in [0.5, 0.6) is 0 Å². The van der Waals surface area contributed by atoms with Gasteiger partial charge in [-0.1, -0.05) is 19.3 Å². The Kier molecular flexibility index (Phi) is 4.23. The van der Waals surface area contributed by atoms with Crippen molar-refractivity contribution in [3.8, 4) is 0 Å². The van der Waals surface area contributed by atoms with Crippen molar-refractivity contribution in [1.29, 1.82) is 0 Å². The van der Waals surface area contributed by atoms with Gasteiger partial charge in [0.1, 0.15) is 11.3 Å². The SMILES string of the molecule is CSC1(Cn2c(CCl)nc3c(C)nn(C)c32)CCCCC1. The molecule has 3 rings (SSSR count). The van der Waals surface area contributed by atoms with Crippen LogP contribution in [0.15, 0.2) is 0 Å². The number of thioether (sulfide) groups is 1. The Morgan fingerprint density at radius 3 is 2.62 bits per heavy atom. The van der Waals surface area contributed by atoms with Crippen LogP contribution in [0.3, 0.4) is 0 Å². The summed E-state index contributed by atoms with van der Waals surface area (Å²) in [5, 5.41) is 4.51. The van der Waals surface area contributed by atoms with E-state index in [0.29, 0.717) is 10.6 Å². The number of rotatable bonds is 4. The average Bonchev–Trinajstić information content (AvgIpc) is 2.99. The molecule has 4 nitrogen and oxygen atoms in total. The minimum absolute atomic E-state index is 0.324. The molecule has 21 heavy (non-hydrogen) atoms. The first-order valence-electron chi connectivity index (χ1n) is 7.60. The molecular formula is C15H23ClN4S. The summed E-state index contributed by atoms with van der Waals surface area (Å²) >= 11 is 8.16. The molecule has 2 aromatic rings. The van der Waals surface area contributed by atoms with Crippen LogP contribution < -0.4 is 0 Å². The molecule has 1 aliphatic rings. The number of halogens is 1. The number of hydrogen-bond acceptors (Lipinski definition) is 3. The molecule has 0 atom stereocenters. The summed E-state index contributed by atoms with van der Waals surface area (Å²) in [6.45, 7) is 3.01. The summed E-state index contributed by atoms with van der Waals surface area (Å²) < 4.78 is 4.58. The molecule has 1 aliphatic carbocycles. The van der Waals surface area contributed by atoms with Gasteiger partial charge in [0.05, 0.1) is 11.6 Å². The van der Waals surface area contributed by atoms with Crippen LogP contribution in [0.4, 0.5) is 0 Å². The maximum absolute atomic E-state index is 6.15. The van der Waals surface area contributed by atoms with Gasteiger partial charge in [-0.15, -0.1) is 11.6 Å². The van der Waals surface area contributed by atoms with Crippen LogP contribution in [-0.4, -0.2) is 30.3 Å². The van der Waals surface area contributed by atoms with Crippen molar-refractivity contribution in [2.24, 2.45) is 7.05 Å². The second-order valence-corrected chi connectivity index (χ2v) is 7.62. The Hall–Kier alpha value is -0.680. The lowest BCUT2D eigenvalue weighted by atomic mass is 9.88. The van der Waals surface area contributed by atoms with Gasteiger partial charge in [-0.3, -0.25) is 4.68 Å². The van der Waals surface area contributed by atoms with Gasteiger partial charge >= 0.3 is 0 Å². The lowest BCUT2D eigenvalue weighted by Crippen LogP contribution is -2.33. The first kappa shape index (κ1) is 15.2.